The molecule has 1 N–H and O–H groups in total. The Hall–Kier alpha value is -4.62. The summed E-state index contributed by atoms with van der Waals surface area (Å²) in [5, 5.41) is 14.7. The molecule has 0 atom stereocenters. The quantitative estimate of drug-likeness (QED) is 0.123. The second kappa shape index (κ2) is 13.6. The van der Waals surface area contributed by atoms with E-state index in [0.717, 1.165) is 55.3 Å². The van der Waals surface area contributed by atoms with Crippen LogP contribution in [0.2, 0.25) is 0 Å². The summed E-state index contributed by atoms with van der Waals surface area (Å²) in [4.78, 5) is 10.7. The van der Waals surface area contributed by atoms with Crippen LogP contribution in [0.5, 0.6) is 17.2 Å². The number of esters is 1. The molecular weight excluding hydrogens is 583 g/mol. The van der Waals surface area contributed by atoms with Crippen LogP contribution in [-0.2, 0) is 21.6 Å². The molecule has 1 aliphatic rings. The molecule has 43 heavy (non-hydrogen) atoms. The molecule has 1 heterocycles. The molecule has 0 fully saturated rings. The SMILES string of the molecule is CC(=O)Oc1ccc(-c2cc[c-]cc2)cc1.OC1COc2ccc3ccccc3c2-c2c(ccc3ccccc23)OC1.[Co]. The average Bonchev–Trinajstić information content (AvgIpc) is 3.10. The van der Waals surface area contributed by atoms with Crippen LogP contribution in [-0.4, -0.2) is 30.4 Å². The van der Waals surface area contributed by atoms with Gasteiger partial charge in [-0.15, -0.1) is 5.56 Å². The van der Waals surface area contributed by atoms with Gasteiger partial charge in [0.1, 0.15) is 36.6 Å². The number of fused-ring (bicyclic) bond motifs is 7. The molecule has 0 spiro atoms. The summed E-state index contributed by atoms with van der Waals surface area (Å²) in [5.74, 6) is 1.80. The molecule has 0 aromatic heterocycles. The third kappa shape index (κ3) is 6.73. The largest absolute Gasteiger partial charge is 0.490 e. The summed E-state index contributed by atoms with van der Waals surface area (Å²) in [6.45, 7) is 1.80. The molecule has 5 nitrogen and oxygen atoms in total. The zero-order valence-corrected chi connectivity index (χ0v) is 24.5. The number of carbonyl (C=O) groups excluding carboxylic acids is 1. The minimum Gasteiger partial charge on any atom is -0.490 e. The van der Waals surface area contributed by atoms with Crippen LogP contribution in [0.4, 0.5) is 0 Å². The maximum absolute atomic E-state index is 10.7. The van der Waals surface area contributed by atoms with E-state index >= 15 is 0 Å². The first-order valence-corrected chi connectivity index (χ1v) is 13.8. The van der Waals surface area contributed by atoms with Crippen LogP contribution < -0.4 is 14.2 Å². The smallest absolute Gasteiger partial charge is 0.308 e. The Morgan fingerprint density at radius 1 is 0.698 bits per heavy atom. The maximum atomic E-state index is 10.7. The fourth-order valence-corrected chi connectivity index (χ4v) is 5.14. The van der Waals surface area contributed by atoms with Gasteiger partial charge in [0.25, 0.3) is 0 Å². The first-order chi connectivity index (χ1) is 20.6. The molecule has 6 aromatic carbocycles. The number of rotatable bonds is 2. The van der Waals surface area contributed by atoms with Gasteiger partial charge in [-0.05, 0) is 51.4 Å². The van der Waals surface area contributed by atoms with Crippen LogP contribution in [0.25, 0.3) is 43.8 Å². The fraction of sp³-hybridized carbons (Fsp3) is 0.108. The first-order valence-electron chi connectivity index (χ1n) is 13.8. The topological polar surface area (TPSA) is 65.0 Å². The summed E-state index contributed by atoms with van der Waals surface area (Å²) >= 11 is 0. The zero-order valence-electron chi connectivity index (χ0n) is 23.5. The standard InChI is InChI=1S/C23H18O3.C14H11O2.Co/c24-17-13-25-20-11-9-15-5-1-3-7-18(15)22(20)23-19-8-4-2-6-16(19)10-12-21(23)26-14-17;1-11(15)16-14-9-7-13(8-10-14)12-5-3-2-4-6-12;/h1-12,17,24H,13-14H2;3-10H,1H3;/q;-1;. The number of hydrogen-bond donors (Lipinski definition) is 1. The van der Waals surface area contributed by atoms with Crippen LogP contribution in [0, 0.1) is 6.07 Å². The molecule has 0 aliphatic carbocycles. The minimum atomic E-state index is -0.674. The Kier molecular flexibility index (Phi) is 9.42. The van der Waals surface area contributed by atoms with Gasteiger partial charge in [-0.25, -0.2) is 0 Å². The van der Waals surface area contributed by atoms with E-state index < -0.39 is 6.10 Å². The normalized spacial score (nSPS) is 12.4. The molecule has 7 rings (SSSR count). The summed E-state index contributed by atoms with van der Waals surface area (Å²) in [6.07, 6.45) is -0.674. The third-order valence-corrected chi connectivity index (χ3v) is 7.06. The van der Waals surface area contributed by atoms with Gasteiger partial charge in [-0.3, -0.25) is 4.79 Å². The molecule has 0 bridgehead atoms. The Morgan fingerprint density at radius 2 is 1.19 bits per heavy atom. The second-order valence-electron chi connectivity index (χ2n) is 10.0. The summed E-state index contributed by atoms with van der Waals surface area (Å²) in [6, 6.07) is 42.8. The van der Waals surface area contributed by atoms with Crippen molar-refractivity contribution < 1.29 is 40.9 Å². The molecule has 6 aromatic rings. The van der Waals surface area contributed by atoms with Crippen molar-refractivity contribution in [2.45, 2.75) is 13.0 Å². The van der Waals surface area contributed by atoms with Gasteiger partial charge in [0, 0.05) is 34.8 Å². The van der Waals surface area contributed by atoms with Gasteiger partial charge in [-0.1, -0.05) is 72.8 Å². The van der Waals surface area contributed by atoms with Crippen LogP contribution in [0.15, 0.2) is 121 Å². The molecule has 0 amide bonds. The number of ether oxygens (including phenoxy) is 3. The van der Waals surface area contributed by atoms with Gasteiger partial charge in [0.2, 0.25) is 0 Å². The van der Waals surface area contributed by atoms with Gasteiger partial charge in [0.15, 0.2) is 0 Å². The molecule has 1 radical (unpaired) electrons. The van der Waals surface area contributed by atoms with E-state index in [1.807, 2.05) is 72.8 Å². The Morgan fingerprint density at radius 3 is 1.70 bits per heavy atom. The Bertz CT molecular complexity index is 1760. The number of aliphatic hydroxyl groups is 1. The molecule has 6 heteroatoms. The predicted molar refractivity (Wildman–Crippen MR) is 166 cm³/mol. The summed E-state index contributed by atoms with van der Waals surface area (Å²) in [5.41, 5.74) is 4.24. The second-order valence-corrected chi connectivity index (χ2v) is 10.0. The zero-order chi connectivity index (χ0) is 28.9. The van der Waals surface area contributed by atoms with Gasteiger partial charge < -0.3 is 19.3 Å². The van der Waals surface area contributed by atoms with Gasteiger partial charge >= 0.3 is 5.97 Å². The number of hydrogen-bond acceptors (Lipinski definition) is 5. The van der Waals surface area contributed by atoms with E-state index in [-0.39, 0.29) is 36.0 Å². The summed E-state index contributed by atoms with van der Waals surface area (Å²) < 4.78 is 17.0. The minimum absolute atomic E-state index is 0. The van der Waals surface area contributed by atoms with E-state index in [9.17, 15) is 9.90 Å². The van der Waals surface area contributed by atoms with E-state index in [4.69, 9.17) is 14.2 Å². The fourth-order valence-electron chi connectivity index (χ4n) is 5.14. The van der Waals surface area contributed by atoms with Crippen molar-refractivity contribution in [3.63, 3.8) is 0 Å². The van der Waals surface area contributed by atoms with E-state index in [1.165, 1.54) is 6.92 Å². The van der Waals surface area contributed by atoms with Gasteiger partial charge in [0.05, 0.1) is 0 Å². The third-order valence-electron chi connectivity index (χ3n) is 7.06. The summed E-state index contributed by atoms with van der Waals surface area (Å²) in [7, 11) is 0. The number of carbonyl (C=O) groups is 1. The Labute approximate surface area is 260 Å². The van der Waals surface area contributed by atoms with Crippen molar-refractivity contribution >= 4 is 27.5 Å². The molecule has 1 aliphatic heterocycles. The number of aliphatic hydroxyl groups excluding tert-OH is 1. The van der Waals surface area contributed by atoms with E-state index in [2.05, 4.69) is 42.5 Å². The molecule has 0 saturated carbocycles. The van der Waals surface area contributed by atoms with E-state index in [0.29, 0.717) is 5.75 Å². The van der Waals surface area contributed by atoms with Crippen molar-refractivity contribution in [3.05, 3.63) is 127 Å². The molecular formula is C37H29CoO5-. The van der Waals surface area contributed by atoms with E-state index in [1.54, 1.807) is 12.1 Å². The van der Waals surface area contributed by atoms with Crippen molar-refractivity contribution in [2.75, 3.05) is 13.2 Å². The average molecular weight is 613 g/mol. The number of benzene rings is 6. The van der Waals surface area contributed by atoms with Gasteiger partial charge in [-0.2, -0.15) is 30.3 Å². The van der Waals surface area contributed by atoms with Crippen molar-refractivity contribution in [3.8, 4) is 39.5 Å². The van der Waals surface area contributed by atoms with Crippen molar-refractivity contribution in [1.29, 1.82) is 0 Å². The molecule has 0 saturated heterocycles. The molecule has 0 unspecified atom stereocenters. The van der Waals surface area contributed by atoms with Crippen LogP contribution in [0.1, 0.15) is 6.92 Å². The Balaban J connectivity index is 0.000000188. The van der Waals surface area contributed by atoms with Crippen LogP contribution >= 0.6 is 0 Å². The van der Waals surface area contributed by atoms with Crippen molar-refractivity contribution in [2.24, 2.45) is 0 Å². The molecule has 217 valence electrons. The van der Waals surface area contributed by atoms with Crippen LogP contribution in [0.3, 0.4) is 0 Å². The van der Waals surface area contributed by atoms with Crippen molar-refractivity contribution in [1.82, 2.24) is 0 Å². The maximum Gasteiger partial charge on any atom is 0.308 e. The first kappa shape index (κ1) is 29.9. The monoisotopic (exact) mass is 612 g/mol. The predicted octanol–water partition coefficient (Wildman–Crippen LogP) is 7.87.